The summed E-state index contributed by atoms with van der Waals surface area (Å²) in [4.78, 5) is 0. The van der Waals surface area contributed by atoms with E-state index < -0.39 is 12.6 Å². The fourth-order valence-electron chi connectivity index (χ4n) is 1.05. The van der Waals surface area contributed by atoms with E-state index in [4.69, 9.17) is 5.73 Å². The molecule has 1 saturated carbocycles. The maximum Gasteiger partial charge on any atom is 0.389 e. The molecule has 1 fully saturated rings. The van der Waals surface area contributed by atoms with Gasteiger partial charge in [-0.05, 0) is 25.7 Å². The minimum atomic E-state index is -4.01. The smallest absolute Gasteiger partial charge is 0.325 e. The van der Waals surface area contributed by atoms with Crippen LogP contribution in [0.4, 0.5) is 13.2 Å². The zero-order valence-electron chi connectivity index (χ0n) is 6.25. The zero-order chi connectivity index (χ0) is 8.54. The normalized spacial score (nSPS) is 21.8. The first-order valence-corrected chi connectivity index (χ1v) is 3.77. The average Bonchev–Trinajstić information content (AvgIpc) is 2.44. The molecule has 0 aliphatic heterocycles. The van der Waals surface area contributed by atoms with Crippen molar-refractivity contribution in [2.24, 2.45) is 5.73 Å². The predicted octanol–water partition coefficient (Wildman–Crippen LogP) is 2.21. The predicted molar refractivity (Wildman–Crippen MR) is 36.1 cm³/mol. The Bertz CT molecular complexity index is 132. The van der Waals surface area contributed by atoms with E-state index in [0.29, 0.717) is 6.42 Å². The van der Waals surface area contributed by atoms with Crippen molar-refractivity contribution >= 4 is 0 Å². The third-order valence-corrected chi connectivity index (χ3v) is 2.03. The monoisotopic (exact) mass is 167 g/mol. The van der Waals surface area contributed by atoms with Gasteiger partial charge < -0.3 is 5.73 Å². The van der Waals surface area contributed by atoms with E-state index in [2.05, 4.69) is 0 Å². The summed E-state index contributed by atoms with van der Waals surface area (Å²) >= 11 is 0. The molecule has 0 atom stereocenters. The van der Waals surface area contributed by atoms with Crippen LogP contribution in [-0.2, 0) is 0 Å². The third-order valence-electron chi connectivity index (χ3n) is 2.03. The van der Waals surface area contributed by atoms with Crippen LogP contribution in [0.25, 0.3) is 0 Å². The van der Waals surface area contributed by atoms with E-state index in [-0.39, 0.29) is 12.0 Å². The van der Waals surface area contributed by atoms with Crippen molar-refractivity contribution in [3.05, 3.63) is 0 Å². The maximum atomic E-state index is 11.6. The highest BCUT2D eigenvalue weighted by atomic mass is 19.4. The Morgan fingerprint density at radius 2 is 1.82 bits per heavy atom. The topological polar surface area (TPSA) is 26.0 Å². The molecule has 1 aliphatic rings. The van der Waals surface area contributed by atoms with Crippen LogP contribution in [0.1, 0.15) is 32.1 Å². The molecule has 2 N–H and O–H groups in total. The number of alkyl halides is 3. The lowest BCUT2D eigenvalue weighted by Gasteiger charge is -2.09. The van der Waals surface area contributed by atoms with Crippen LogP contribution >= 0.6 is 0 Å². The van der Waals surface area contributed by atoms with Gasteiger partial charge in [0.25, 0.3) is 0 Å². The molecule has 0 bridgehead atoms. The molecule has 1 rings (SSSR count). The van der Waals surface area contributed by atoms with Gasteiger partial charge in [-0.25, -0.2) is 0 Å². The van der Waals surface area contributed by atoms with Crippen molar-refractivity contribution < 1.29 is 13.2 Å². The highest BCUT2D eigenvalue weighted by Crippen LogP contribution is 2.38. The lowest BCUT2D eigenvalue weighted by atomic mass is 10.1. The van der Waals surface area contributed by atoms with Crippen LogP contribution in [-0.4, -0.2) is 11.7 Å². The molecule has 0 heterocycles. The second kappa shape index (κ2) is 2.66. The molecule has 0 spiro atoms. The van der Waals surface area contributed by atoms with Crippen LogP contribution in [0.5, 0.6) is 0 Å². The van der Waals surface area contributed by atoms with E-state index in [1.165, 1.54) is 0 Å². The Labute approximate surface area is 63.8 Å². The first-order valence-electron chi connectivity index (χ1n) is 3.77. The highest BCUT2D eigenvalue weighted by molar-refractivity contribution is 4.98. The second-order valence-electron chi connectivity index (χ2n) is 3.33. The summed E-state index contributed by atoms with van der Waals surface area (Å²) in [6, 6.07) is 0. The van der Waals surface area contributed by atoms with Crippen LogP contribution in [0, 0.1) is 0 Å². The van der Waals surface area contributed by atoms with Crippen LogP contribution in [0.3, 0.4) is 0 Å². The molecular weight excluding hydrogens is 155 g/mol. The summed E-state index contributed by atoms with van der Waals surface area (Å²) in [5, 5.41) is 0. The number of rotatable bonds is 3. The molecule has 0 aromatic rings. The van der Waals surface area contributed by atoms with Gasteiger partial charge in [-0.2, -0.15) is 13.2 Å². The van der Waals surface area contributed by atoms with Gasteiger partial charge >= 0.3 is 6.18 Å². The molecule has 11 heavy (non-hydrogen) atoms. The molecule has 1 nitrogen and oxygen atoms in total. The molecule has 0 aromatic carbocycles. The largest absolute Gasteiger partial charge is 0.389 e. The molecule has 66 valence electrons. The van der Waals surface area contributed by atoms with Crippen LogP contribution in [0.2, 0.25) is 0 Å². The van der Waals surface area contributed by atoms with E-state index in [1.54, 1.807) is 0 Å². The lowest BCUT2D eigenvalue weighted by Crippen LogP contribution is -2.22. The van der Waals surface area contributed by atoms with Gasteiger partial charge in [-0.1, -0.05) is 0 Å². The molecule has 0 amide bonds. The summed E-state index contributed by atoms with van der Waals surface area (Å²) in [5.41, 5.74) is 5.38. The van der Waals surface area contributed by atoms with Crippen molar-refractivity contribution in [3.63, 3.8) is 0 Å². The summed E-state index contributed by atoms with van der Waals surface area (Å²) < 4.78 is 34.8. The summed E-state index contributed by atoms with van der Waals surface area (Å²) in [5.74, 6) is 0. The SMILES string of the molecule is NC1(CCCC(F)(F)F)CC1. The van der Waals surface area contributed by atoms with Gasteiger partial charge in [0.2, 0.25) is 0 Å². The maximum absolute atomic E-state index is 11.6. The average molecular weight is 167 g/mol. The van der Waals surface area contributed by atoms with Crippen molar-refractivity contribution in [2.45, 2.75) is 43.8 Å². The van der Waals surface area contributed by atoms with Gasteiger partial charge in [-0.3, -0.25) is 0 Å². The Morgan fingerprint density at radius 1 is 1.27 bits per heavy atom. The summed E-state index contributed by atoms with van der Waals surface area (Å²) in [6.45, 7) is 0. The van der Waals surface area contributed by atoms with E-state index >= 15 is 0 Å². The minimum Gasteiger partial charge on any atom is -0.325 e. The van der Waals surface area contributed by atoms with Crippen LogP contribution < -0.4 is 5.73 Å². The Balaban J connectivity index is 2.05. The van der Waals surface area contributed by atoms with Crippen LogP contribution in [0.15, 0.2) is 0 Å². The number of nitrogens with two attached hydrogens (primary N) is 1. The van der Waals surface area contributed by atoms with Gasteiger partial charge in [0.1, 0.15) is 0 Å². The van der Waals surface area contributed by atoms with Gasteiger partial charge in [0.15, 0.2) is 0 Å². The van der Waals surface area contributed by atoms with Gasteiger partial charge in [0.05, 0.1) is 0 Å². The van der Waals surface area contributed by atoms with Crippen molar-refractivity contribution in [2.75, 3.05) is 0 Å². The number of hydrogen-bond donors (Lipinski definition) is 1. The molecule has 0 saturated heterocycles. The Hall–Kier alpha value is -0.250. The fourth-order valence-corrected chi connectivity index (χ4v) is 1.05. The van der Waals surface area contributed by atoms with Crippen molar-refractivity contribution in [1.82, 2.24) is 0 Å². The Morgan fingerprint density at radius 3 is 2.18 bits per heavy atom. The molecule has 0 unspecified atom stereocenters. The highest BCUT2D eigenvalue weighted by Gasteiger charge is 2.38. The third kappa shape index (κ3) is 3.60. The summed E-state index contributed by atoms with van der Waals surface area (Å²) in [7, 11) is 0. The quantitative estimate of drug-likeness (QED) is 0.685. The first kappa shape index (κ1) is 8.84. The molecule has 4 heteroatoms. The molecule has 1 aliphatic carbocycles. The fraction of sp³-hybridized carbons (Fsp3) is 1.00. The van der Waals surface area contributed by atoms with E-state index in [0.717, 1.165) is 12.8 Å². The lowest BCUT2D eigenvalue weighted by molar-refractivity contribution is -0.135. The van der Waals surface area contributed by atoms with Gasteiger partial charge in [0, 0.05) is 12.0 Å². The number of halogens is 3. The zero-order valence-corrected chi connectivity index (χ0v) is 6.25. The Kier molecular flexibility index (Phi) is 2.14. The first-order chi connectivity index (χ1) is 4.91. The second-order valence-corrected chi connectivity index (χ2v) is 3.33. The molecule has 0 radical (unpaired) electrons. The minimum absolute atomic E-state index is 0.181. The standard InChI is InChI=1S/C7H12F3N/c8-7(9,10)3-1-2-6(11)4-5-6/h1-5,11H2. The van der Waals surface area contributed by atoms with E-state index in [1.807, 2.05) is 0 Å². The number of hydrogen-bond acceptors (Lipinski definition) is 1. The summed E-state index contributed by atoms with van der Waals surface area (Å²) in [6.07, 6.45) is -2.21. The van der Waals surface area contributed by atoms with Crippen molar-refractivity contribution in [1.29, 1.82) is 0 Å². The van der Waals surface area contributed by atoms with Crippen molar-refractivity contribution in [3.8, 4) is 0 Å². The van der Waals surface area contributed by atoms with Gasteiger partial charge in [-0.15, -0.1) is 0 Å². The molecule has 0 aromatic heterocycles. The molecular formula is C7H12F3N. The van der Waals surface area contributed by atoms with E-state index in [9.17, 15) is 13.2 Å².